The molecule has 21 heavy (non-hydrogen) atoms. The van der Waals surface area contributed by atoms with E-state index in [1.54, 1.807) is 17.0 Å². The second-order valence-corrected chi connectivity index (χ2v) is 6.63. The molecule has 0 heterocycles. The van der Waals surface area contributed by atoms with Gasteiger partial charge in [0.15, 0.2) is 0 Å². The van der Waals surface area contributed by atoms with Gasteiger partial charge in [0.05, 0.1) is 12.1 Å². The lowest BCUT2D eigenvalue weighted by atomic mass is 9.96. The third-order valence-corrected chi connectivity index (χ3v) is 4.91. The van der Waals surface area contributed by atoms with Crippen LogP contribution in [-0.2, 0) is 11.3 Å². The van der Waals surface area contributed by atoms with Crippen molar-refractivity contribution < 1.29 is 9.18 Å². The van der Waals surface area contributed by atoms with E-state index in [0.717, 1.165) is 38.5 Å². The molecule has 1 aromatic rings. The van der Waals surface area contributed by atoms with Crippen molar-refractivity contribution in [3.8, 4) is 0 Å². The fraction of sp³-hybridized carbons (Fsp3) is 0.562. The van der Waals surface area contributed by atoms with Gasteiger partial charge >= 0.3 is 0 Å². The predicted molar refractivity (Wildman–Crippen MR) is 80.4 cm³/mol. The van der Waals surface area contributed by atoms with Crippen molar-refractivity contribution >= 4 is 17.5 Å². The Morgan fingerprint density at radius 1 is 1.38 bits per heavy atom. The molecular formula is C16H20ClFN2O. The number of nitrogens with zero attached hydrogens (tertiary/aromatic N) is 1. The standard InChI is InChI=1S/C16H20ClFN2O/c17-13-4-3-5-14(18)12(13)10-20(11-6-7-11)15(21)16(19)8-1-2-9-16/h3-5,11H,1-2,6-10,19H2. The quantitative estimate of drug-likeness (QED) is 0.928. The van der Waals surface area contributed by atoms with E-state index in [-0.39, 0.29) is 24.3 Å². The molecule has 0 radical (unpaired) electrons. The highest BCUT2D eigenvalue weighted by atomic mass is 35.5. The van der Waals surface area contributed by atoms with Crippen LogP contribution < -0.4 is 5.73 Å². The van der Waals surface area contributed by atoms with E-state index in [4.69, 9.17) is 17.3 Å². The minimum Gasteiger partial charge on any atom is -0.334 e. The van der Waals surface area contributed by atoms with Gasteiger partial charge in [-0.3, -0.25) is 4.79 Å². The molecule has 1 amide bonds. The molecule has 0 aliphatic heterocycles. The Morgan fingerprint density at radius 2 is 2.05 bits per heavy atom. The lowest BCUT2D eigenvalue weighted by Crippen LogP contribution is -2.54. The van der Waals surface area contributed by atoms with E-state index >= 15 is 0 Å². The van der Waals surface area contributed by atoms with Crippen LogP contribution in [0, 0.1) is 5.82 Å². The number of hydrogen-bond donors (Lipinski definition) is 1. The molecule has 2 saturated carbocycles. The molecule has 0 aromatic heterocycles. The van der Waals surface area contributed by atoms with E-state index in [0.29, 0.717) is 10.6 Å². The number of hydrogen-bond acceptors (Lipinski definition) is 2. The number of halogens is 2. The maximum Gasteiger partial charge on any atom is 0.243 e. The summed E-state index contributed by atoms with van der Waals surface area (Å²) >= 11 is 6.09. The number of rotatable bonds is 4. The highest BCUT2D eigenvalue weighted by Crippen LogP contribution is 2.36. The van der Waals surface area contributed by atoms with Crippen LogP contribution >= 0.6 is 11.6 Å². The first kappa shape index (κ1) is 14.8. The van der Waals surface area contributed by atoms with Gasteiger partial charge < -0.3 is 10.6 Å². The van der Waals surface area contributed by atoms with Gasteiger partial charge in [-0.15, -0.1) is 0 Å². The summed E-state index contributed by atoms with van der Waals surface area (Å²) in [6.07, 6.45) is 5.35. The largest absolute Gasteiger partial charge is 0.334 e. The van der Waals surface area contributed by atoms with Crippen LogP contribution in [0.2, 0.25) is 5.02 Å². The van der Waals surface area contributed by atoms with Gasteiger partial charge in [0.1, 0.15) is 5.82 Å². The SMILES string of the molecule is NC1(C(=O)N(Cc2c(F)cccc2Cl)C2CC2)CCCC1. The van der Waals surface area contributed by atoms with Crippen LogP contribution in [0.1, 0.15) is 44.1 Å². The topological polar surface area (TPSA) is 46.3 Å². The number of benzene rings is 1. The first-order chi connectivity index (χ1) is 10.0. The molecule has 2 fully saturated rings. The van der Waals surface area contributed by atoms with Crippen molar-refractivity contribution in [2.24, 2.45) is 5.73 Å². The van der Waals surface area contributed by atoms with E-state index in [1.807, 2.05) is 0 Å². The van der Waals surface area contributed by atoms with Gasteiger partial charge in [-0.2, -0.15) is 0 Å². The number of amides is 1. The summed E-state index contributed by atoms with van der Waals surface area (Å²) in [5.41, 5.74) is 5.91. The number of carbonyl (C=O) groups excluding carboxylic acids is 1. The molecular weight excluding hydrogens is 291 g/mol. The fourth-order valence-corrected chi connectivity index (χ4v) is 3.34. The van der Waals surface area contributed by atoms with Crippen LogP contribution in [-0.4, -0.2) is 22.4 Å². The Balaban J connectivity index is 1.84. The zero-order chi connectivity index (χ0) is 15.0. The molecule has 2 N–H and O–H groups in total. The number of nitrogens with two attached hydrogens (primary N) is 1. The summed E-state index contributed by atoms with van der Waals surface area (Å²) in [6.45, 7) is 0.216. The first-order valence-corrected chi connectivity index (χ1v) is 7.92. The van der Waals surface area contributed by atoms with Gasteiger partial charge in [-0.05, 0) is 37.8 Å². The summed E-state index contributed by atoms with van der Waals surface area (Å²) in [5, 5.41) is 0.367. The van der Waals surface area contributed by atoms with E-state index in [1.165, 1.54) is 6.07 Å². The third kappa shape index (κ3) is 2.92. The molecule has 0 unspecified atom stereocenters. The van der Waals surface area contributed by atoms with Crippen molar-refractivity contribution in [1.82, 2.24) is 4.90 Å². The van der Waals surface area contributed by atoms with Crippen LogP contribution in [0.3, 0.4) is 0 Å². The van der Waals surface area contributed by atoms with Crippen LogP contribution in [0.15, 0.2) is 18.2 Å². The summed E-state index contributed by atoms with van der Waals surface area (Å²) in [5.74, 6) is -0.403. The Bertz CT molecular complexity index is 533. The summed E-state index contributed by atoms with van der Waals surface area (Å²) in [6, 6.07) is 4.80. The Morgan fingerprint density at radius 3 is 2.62 bits per heavy atom. The Hall–Kier alpha value is -1.13. The maximum absolute atomic E-state index is 14.0. The van der Waals surface area contributed by atoms with Crippen molar-refractivity contribution in [2.75, 3.05) is 0 Å². The number of carbonyl (C=O) groups is 1. The molecule has 0 spiro atoms. The second-order valence-electron chi connectivity index (χ2n) is 6.23. The second kappa shape index (κ2) is 5.58. The van der Waals surface area contributed by atoms with Crippen LogP contribution in [0.5, 0.6) is 0 Å². The summed E-state index contributed by atoms with van der Waals surface area (Å²) in [7, 11) is 0. The molecule has 114 valence electrons. The van der Waals surface area contributed by atoms with Gasteiger partial charge in [0.25, 0.3) is 0 Å². The fourth-order valence-electron chi connectivity index (χ4n) is 3.11. The van der Waals surface area contributed by atoms with Crippen molar-refractivity contribution in [3.63, 3.8) is 0 Å². The average Bonchev–Trinajstić information content (AvgIpc) is 3.19. The monoisotopic (exact) mass is 310 g/mol. The van der Waals surface area contributed by atoms with E-state index < -0.39 is 5.54 Å². The first-order valence-electron chi connectivity index (χ1n) is 7.54. The third-order valence-electron chi connectivity index (χ3n) is 4.56. The Labute approximate surface area is 129 Å². The summed E-state index contributed by atoms with van der Waals surface area (Å²) < 4.78 is 14.0. The minimum absolute atomic E-state index is 0.0400. The smallest absolute Gasteiger partial charge is 0.243 e. The average molecular weight is 311 g/mol. The lowest BCUT2D eigenvalue weighted by molar-refractivity contribution is -0.138. The molecule has 0 atom stereocenters. The van der Waals surface area contributed by atoms with Gasteiger partial charge in [-0.25, -0.2) is 4.39 Å². The van der Waals surface area contributed by atoms with E-state index in [2.05, 4.69) is 0 Å². The highest BCUT2D eigenvalue weighted by molar-refractivity contribution is 6.31. The molecule has 1 aromatic carbocycles. The zero-order valence-electron chi connectivity index (χ0n) is 11.9. The summed E-state index contributed by atoms with van der Waals surface area (Å²) in [4.78, 5) is 14.6. The molecule has 0 saturated heterocycles. The lowest BCUT2D eigenvalue weighted by Gasteiger charge is -2.32. The van der Waals surface area contributed by atoms with Gasteiger partial charge in [0, 0.05) is 16.6 Å². The molecule has 0 bridgehead atoms. The van der Waals surface area contributed by atoms with Crippen molar-refractivity contribution in [3.05, 3.63) is 34.6 Å². The van der Waals surface area contributed by atoms with Crippen molar-refractivity contribution in [1.29, 1.82) is 0 Å². The molecule has 5 heteroatoms. The molecule has 2 aliphatic carbocycles. The van der Waals surface area contributed by atoms with Crippen LogP contribution in [0.25, 0.3) is 0 Å². The van der Waals surface area contributed by atoms with Gasteiger partial charge in [0.2, 0.25) is 5.91 Å². The normalized spacial score (nSPS) is 20.5. The van der Waals surface area contributed by atoms with E-state index in [9.17, 15) is 9.18 Å². The van der Waals surface area contributed by atoms with Crippen molar-refractivity contribution in [2.45, 2.75) is 56.7 Å². The minimum atomic E-state index is -0.764. The Kier molecular flexibility index (Phi) is 3.93. The highest BCUT2D eigenvalue weighted by Gasteiger charge is 2.44. The predicted octanol–water partition coefficient (Wildman–Crippen LogP) is 3.24. The molecule has 3 rings (SSSR count). The molecule has 2 aliphatic rings. The molecule has 3 nitrogen and oxygen atoms in total. The van der Waals surface area contributed by atoms with Gasteiger partial charge in [-0.1, -0.05) is 30.5 Å². The zero-order valence-corrected chi connectivity index (χ0v) is 12.7. The van der Waals surface area contributed by atoms with Crippen LogP contribution in [0.4, 0.5) is 4.39 Å². The maximum atomic E-state index is 14.0.